The summed E-state index contributed by atoms with van der Waals surface area (Å²) in [6, 6.07) is 4.28. The van der Waals surface area contributed by atoms with Gasteiger partial charge < -0.3 is 10.5 Å². The number of hydrogen-bond donors (Lipinski definition) is 1. The molecule has 1 aliphatic carbocycles. The largest absolute Gasteiger partial charge is 0.494 e. The molecule has 1 aromatic carbocycles. The fourth-order valence-electron chi connectivity index (χ4n) is 2.52. The van der Waals surface area contributed by atoms with Crippen molar-refractivity contribution in [2.45, 2.75) is 37.6 Å². The molecule has 0 radical (unpaired) electrons. The number of benzene rings is 1. The van der Waals surface area contributed by atoms with Crippen molar-refractivity contribution in [2.24, 2.45) is 5.73 Å². The summed E-state index contributed by atoms with van der Waals surface area (Å²) in [6.07, 6.45) is 4.18. The summed E-state index contributed by atoms with van der Waals surface area (Å²) in [5.41, 5.74) is 6.12. The zero-order valence-corrected chi connectivity index (χ0v) is 10.5. The fourth-order valence-corrected chi connectivity index (χ4v) is 2.52. The molecule has 1 fully saturated rings. The van der Waals surface area contributed by atoms with Crippen molar-refractivity contribution < 1.29 is 13.9 Å². The van der Waals surface area contributed by atoms with E-state index in [0.29, 0.717) is 12.0 Å². The Labute approximate surface area is 106 Å². The number of nitrogens with two attached hydrogens (primary N) is 1. The Morgan fingerprint density at radius 1 is 1.44 bits per heavy atom. The maximum Gasteiger partial charge on any atom is 0.165 e. The maximum absolute atomic E-state index is 13.5. The lowest BCUT2D eigenvalue weighted by atomic mass is 9.90. The lowest BCUT2D eigenvalue weighted by Gasteiger charge is -2.22. The highest BCUT2D eigenvalue weighted by Gasteiger charge is 2.32. The highest BCUT2D eigenvalue weighted by Crippen LogP contribution is 2.31. The standard InChI is InChI=1S/C14H18FNO2/c1-18-13-5-4-10(8-11(13)15)12(17)9-14(16)6-2-3-7-14/h4-5,8H,2-3,6-7,9,16H2,1H3. The molecule has 3 nitrogen and oxygen atoms in total. The monoisotopic (exact) mass is 251 g/mol. The van der Waals surface area contributed by atoms with Gasteiger partial charge in [-0.1, -0.05) is 12.8 Å². The van der Waals surface area contributed by atoms with Crippen LogP contribution in [0.5, 0.6) is 5.75 Å². The highest BCUT2D eigenvalue weighted by atomic mass is 19.1. The molecule has 0 atom stereocenters. The average Bonchev–Trinajstić information content (AvgIpc) is 2.75. The zero-order chi connectivity index (χ0) is 13.2. The molecule has 0 aromatic heterocycles. The van der Waals surface area contributed by atoms with Crippen LogP contribution in [0.3, 0.4) is 0 Å². The van der Waals surface area contributed by atoms with E-state index in [1.54, 1.807) is 6.07 Å². The van der Waals surface area contributed by atoms with Gasteiger partial charge in [-0.25, -0.2) is 4.39 Å². The van der Waals surface area contributed by atoms with Gasteiger partial charge in [-0.05, 0) is 31.0 Å². The van der Waals surface area contributed by atoms with Crippen LogP contribution in [0.15, 0.2) is 18.2 Å². The zero-order valence-electron chi connectivity index (χ0n) is 10.5. The number of Topliss-reactive ketones (excluding diaryl/α,β-unsaturated/α-hetero) is 1. The summed E-state index contributed by atoms with van der Waals surface area (Å²) < 4.78 is 18.3. The third-order valence-corrected chi connectivity index (χ3v) is 3.59. The van der Waals surface area contributed by atoms with Gasteiger partial charge in [0.25, 0.3) is 0 Å². The molecule has 0 heterocycles. The molecule has 1 aromatic rings. The first-order valence-electron chi connectivity index (χ1n) is 6.20. The molecule has 1 aliphatic rings. The molecule has 2 rings (SSSR count). The number of carbonyl (C=O) groups is 1. The van der Waals surface area contributed by atoms with Crippen LogP contribution in [0.4, 0.5) is 4.39 Å². The fraction of sp³-hybridized carbons (Fsp3) is 0.500. The van der Waals surface area contributed by atoms with E-state index in [2.05, 4.69) is 0 Å². The van der Waals surface area contributed by atoms with Crippen LogP contribution in [0.2, 0.25) is 0 Å². The first kappa shape index (κ1) is 13.0. The maximum atomic E-state index is 13.5. The Bertz CT molecular complexity index is 453. The molecule has 2 N–H and O–H groups in total. The van der Waals surface area contributed by atoms with Gasteiger partial charge in [0.2, 0.25) is 0 Å². The van der Waals surface area contributed by atoms with Crippen LogP contribution in [0.1, 0.15) is 42.5 Å². The molecule has 0 saturated heterocycles. The van der Waals surface area contributed by atoms with Gasteiger partial charge in [-0.2, -0.15) is 0 Å². The molecule has 18 heavy (non-hydrogen) atoms. The molecule has 0 bridgehead atoms. The third kappa shape index (κ3) is 2.70. The summed E-state index contributed by atoms with van der Waals surface area (Å²) in [6.45, 7) is 0. The van der Waals surface area contributed by atoms with Crippen LogP contribution in [0, 0.1) is 5.82 Å². The van der Waals surface area contributed by atoms with E-state index in [9.17, 15) is 9.18 Å². The van der Waals surface area contributed by atoms with E-state index in [1.165, 1.54) is 19.2 Å². The first-order valence-corrected chi connectivity index (χ1v) is 6.20. The number of hydrogen-bond acceptors (Lipinski definition) is 3. The van der Waals surface area contributed by atoms with Crippen LogP contribution in [0.25, 0.3) is 0 Å². The minimum absolute atomic E-state index is 0.0963. The van der Waals surface area contributed by atoms with Gasteiger partial charge in [0.05, 0.1) is 7.11 Å². The molecular formula is C14H18FNO2. The predicted octanol–water partition coefficient (Wildman–Crippen LogP) is 2.68. The molecule has 1 saturated carbocycles. The van der Waals surface area contributed by atoms with Crippen molar-refractivity contribution in [3.63, 3.8) is 0 Å². The van der Waals surface area contributed by atoms with Gasteiger partial charge in [-0.15, -0.1) is 0 Å². The summed E-state index contributed by atoms with van der Waals surface area (Å²) in [7, 11) is 1.40. The Morgan fingerprint density at radius 3 is 2.67 bits per heavy atom. The van der Waals surface area contributed by atoms with Crippen LogP contribution in [-0.2, 0) is 0 Å². The van der Waals surface area contributed by atoms with E-state index in [1.807, 2.05) is 0 Å². The molecule has 4 heteroatoms. The SMILES string of the molecule is COc1ccc(C(=O)CC2(N)CCCC2)cc1F. The number of carbonyl (C=O) groups excluding carboxylic acids is 1. The summed E-state index contributed by atoms with van der Waals surface area (Å²) >= 11 is 0. The number of rotatable bonds is 4. The van der Waals surface area contributed by atoms with Crippen LogP contribution < -0.4 is 10.5 Å². The predicted molar refractivity (Wildman–Crippen MR) is 67.3 cm³/mol. The summed E-state index contributed by atoms with van der Waals surface area (Å²) in [5, 5.41) is 0. The van der Waals surface area contributed by atoms with Gasteiger partial charge in [0, 0.05) is 17.5 Å². The first-order chi connectivity index (χ1) is 8.54. The Kier molecular flexibility index (Phi) is 3.66. The van der Waals surface area contributed by atoms with E-state index < -0.39 is 11.4 Å². The van der Waals surface area contributed by atoms with Crippen molar-refractivity contribution in [3.8, 4) is 5.75 Å². The number of halogens is 1. The Balaban J connectivity index is 2.11. The van der Waals surface area contributed by atoms with E-state index >= 15 is 0 Å². The van der Waals surface area contributed by atoms with Crippen molar-refractivity contribution in [2.75, 3.05) is 7.11 Å². The minimum atomic E-state index is -0.513. The quantitative estimate of drug-likeness (QED) is 0.837. The smallest absolute Gasteiger partial charge is 0.165 e. The van der Waals surface area contributed by atoms with Gasteiger partial charge in [0.15, 0.2) is 17.3 Å². The normalized spacial score (nSPS) is 17.7. The molecule has 0 amide bonds. The van der Waals surface area contributed by atoms with Crippen molar-refractivity contribution >= 4 is 5.78 Å². The van der Waals surface area contributed by atoms with E-state index in [-0.39, 0.29) is 11.5 Å². The number of ether oxygens (including phenoxy) is 1. The number of ketones is 1. The lowest BCUT2D eigenvalue weighted by molar-refractivity contribution is 0.0952. The second kappa shape index (κ2) is 5.06. The van der Waals surface area contributed by atoms with Crippen LogP contribution >= 0.6 is 0 Å². The second-order valence-corrected chi connectivity index (χ2v) is 5.02. The third-order valence-electron chi connectivity index (χ3n) is 3.59. The Morgan fingerprint density at radius 2 is 2.11 bits per heavy atom. The average molecular weight is 251 g/mol. The van der Waals surface area contributed by atoms with Crippen molar-refractivity contribution in [1.82, 2.24) is 0 Å². The topological polar surface area (TPSA) is 52.3 Å². The molecule has 0 spiro atoms. The highest BCUT2D eigenvalue weighted by molar-refractivity contribution is 5.97. The van der Waals surface area contributed by atoms with Gasteiger partial charge in [0.1, 0.15) is 0 Å². The molecule has 98 valence electrons. The minimum Gasteiger partial charge on any atom is -0.494 e. The van der Waals surface area contributed by atoms with Crippen molar-refractivity contribution in [3.05, 3.63) is 29.6 Å². The van der Waals surface area contributed by atoms with Gasteiger partial charge >= 0.3 is 0 Å². The summed E-state index contributed by atoms with van der Waals surface area (Å²) in [5.74, 6) is -0.461. The molecule has 0 unspecified atom stereocenters. The Hall–Kier alpha value is -1.42. The van der Waals surface area contributed by atoms with Crippen LogP contribution in [-0.4, -0.2) is 18.4 Å². The van der Waals surface area contributed by atoms with E-state index in [0.717, 1.165) is 25.7 Å². The summed E-state index contributed by atoms with van der Waals surface area (Å²) in [4.78, 5) is 12.1. The van der Waals surface area contributed by atoms with Gasteiger partial charge in [-0.3, -0.25) is 4.79 Å². The van der Waals surface area contributed by atoms with Crippen molar-refractivity contribution in [1.29, 1.82) is 0 Å². The lowest BCUT2D eigenvalue weighted by Crippen LogP contribution is -2.38. The van der Waals surface area contributed by atoms with E-state index in [4.69, 9.17) is 10.5 Å². The second-order valence-electron chi connectivity index (χ2n) is 5.02. The number of methoxy groups -OCH3 is 1. The molecule has 0 aliphatic heterocycles. The molecular weight excluding hydrogens is 233 g/mol.